The third-order valence-corrected chi connectivity index (χ3v) is 5.95. The first kappa shape index (κ1) is 25.8. The number of amides is 2. The van der Waals surface area contributed by atoms with E-state index in [-0.39, 0.29) is 22.7 Å². The highest BCUT2D eigenvalue weighted by Gasteiger charge is 2.19. The normalized spacial score (nSPS) is 11.5. The zero-order chi connectivity index (χ0) is 25.5. The van der Waals surface area contributed by atoms with E-state index < -0.39 is 10.8 Å². The Hall–Kier alpha value is -3.86. The zero-order valence-corrected chi connectivity index (χ0v) is 20.9. The third kappa shape index (κ3) is 6.60. The number of rotatable bonds is 9. The standard InChI is InChI=1S/C24H27N5O5S/c1-6-20(30)26-19-8-7-13(2)9-18(19)21-23(32)27-24(29-28-21)35-14(3)22(31)25-15-10-16(33-4)12-17(11-15)34-5/h7-12,14H,6H2,1-5H3,(H,25,31)(H,26,30)(H,27,29,32). The molecule has 0 aliphatic heterocycles. The van der Waals surface area contributed by atoms with Gasteiger partial charge in [0.25, 0.3) is 5.56 Å². The Labute approximate surface area is 206 Å². The van der Waals surface area contributed by atoms with Gasteiger partial charge in [-0.3, -0.25) is 19.4 Å². The van der Waals surface area contributed by atoms with E-state index in [9.17, 15) is 14.4 Å². The summed E-state index contributed by atoms with van der Waals surface area (Å²) < 4.78 is 10.4. The molecular weight excluding hydrogens is 470 g/mol. The molecule has 35 heavy (non-hydrogen) atoms. The molecule has 0 spiro atoms. The van der Waals surface area contributed by atoms with Crippen molar-refractivity contribution in [2.24, 2.45) is 0 Å². The molecule has 3 aromatic rings. The Morgan fingerprint density at radius 3 is 2.34 bits per heavy atom. The van der Waals surface area contributed by atoms with Crippen molar-refractivity contribution in [2.75, 3.05) is 24.9 Å². The number of methoxy groups -OCH3 is 2. The minimum absolute atomic E-state index is 0.0741. The lowest BCUT2D eigenvalue weighted by Gasteiger charge is -2.13. The van der Waals surface area contributed by atoms with Gasteiger partial charge in [-0.2, -0.15) is 0 Å². The first-order valence-electron chi connectivity index (χ1n) is 10.8. The average molecular weight is 498 g/mol. The highest BCUT2D eigenvalue weighted by Crippen LogP contribution is 2.28. The van der Waals surface area contributed by atoms with E-state index >= 15 is 0 Å². The molecule has 0 aliphatic carbocycles. The summed E-state index contributed by atoms with van der Waals surface area (Å²) in [7, 11) is 3.05. The topological polar surface area (TPSA) is 135 Å². The minimum atomic E-state index is -0.596. The Morgan fingerprint density at radius 1 is 1.06 bits per heavy atom. The van der Waals surface area contributed by atoms with Crippen LogP contribution in [0, 0.1) is 6.92 Å². The molecule has 1 heterocycles. The number of nitrogens with one attached hydrogen (secondary N) is 3. The molecule has 1 aromatic heterocycles. The summed E-state index contributed by atoms with van der Waals surface area (Å²) >= 11 is 1.06. The Kier molecular flexibility index (Phi) is 8.48. The van der Waals surface area contributed by atoms with Crippen molar-refractivity contribution in [3.63, 3.8) is 0 Å². The fourth-order valence-electron chi connectivity index (χ4n) is 3.10. The highest BCUT2D eigenvalue weighted by molar-refractivity contribution is 8.00. The molecule has 0 fully saturated rings. The summed E-state index contributed by atoms with van der Waals surface area (Å²) in [5, 5.41) is 13.4. The second-order valence-corrected chi connectivity index (χ2v) is 8.94. The van der Waals surface area contributed by atoms with E-state index in [1.54, 1.807) is 44.2 Å². The number of carbonyl (C=O) groups is 2. The Balaban J connectivity index is 1.77. The third-order valence-electron chi connectivity index (χ3n) is 4.98. The van der Waals surface area contributed by atoms with Gasteiger partial charge in [0.05, 0.1) is 25.2 Å². The van der Waals surface area contributed by atoms with Crippen molar-refractivity contribution >= 4 is 35.0 Å². The Morgan fingerprint density at radius 2 is 1.74 bits per heavy atom. The zero-order valence-electron chi connectivity index (χ0n) is 20.1. The van der Waals surface area contributed by atoms with Crippen LogP contribution in [0.4, 0.5) is 11.4 Å². The lowest BCUT2D eigenvalue weighted by molar-refractivity contribution is -0.116. The maximum atomic E-state index is 12.8. The summed E-state index contributed by atoms with van der Waals surface area (Å²) in [4.78, 5) is 40.1. The minimum Gasteiger partial charge on any atom is -0.497 e. The molecule has 0 saturated heterocycles. The fraction of sp³-hybridized carbons (Fsp3) is 0.292. The number of anilines is 2. The van der Waals surface area contributed by atoms with Gasteiger partial charge >= 0.3 is 0 Å². The van der Waals surface area contributed by atoms with Crippen LogP contribution in [-0.2, 0) is 9.59 Å². The number of thioether (sulfide) groups is 1. The number of aromatic nitrogens is 3. The molecule has 0 aliphatic rings. The van der Waals surface area contributed by atoms with Crippen LogP contribution in [0.5, 0.6) is 11.5 Å². The van der Waals surface area contributed by atoms with Crippen molar-refractivity contribution in [1.82, 2.24) is 15.2 Å². The van der Waals surface area contributed by atoms with Gasteiger partial charge in [0, 0.05) is 35.9 Å². The van der Waals surface area contributed by atoms with Crippen LogP contribution in [0.3, 0.4) is 0 Å². The summed E-state index contributed by atoms with van der Waals surface area (Å²) in [6.45, 7) is 5.30. The molecule has 0 radical (unpaired) electrons. The van der Waals surface area contributed by atoms with Gasteiger partial charge in [-0.15, -0.1) is 10.2 Å². The van der Waals surface area contributed by atoms with Crippen LogP contribution in [0.15, 0.2) is 46.3 Å². The first-order valence-corrected chi connectivity index (χ1v) is 11.7. The van der Waals surface area contributed by atoms with E-state index in [4.69, 9.17) is 9.47 Å². The quantitative estimate of drug-likeness (QED) is 0.382. The first-order chi connectivity index (χ1) is 16.7. The largest absolute Gasteiger partial charge is 0.497 e. The summed E-state index contributed by atoms with van der Waals surface area (Å²) in [6, 6.07) is 10.4. The predicted molar refractivity (Wildman–Crippen MR) is 135 cm³/mol. The van der Waals surface area contributed by atoms with E-state index in [2.05, 4.69) is 25.8 Å². The number of nitrogens with zero attached hydrogens (tertiary/aromatic N) is 2. The molecule has 0 bridgehead atoms. The molecule has 2 amide bonds. The molecule has 0 saturated carbocycles. The van der Waals surface area contributed by atoms with Crippen molar-refractivity contribution in [3.8, 4) is 22.8 Å². The molecule has 11 heteroatoms. The highest BCUT2D eigenvalue weighted by atomic mass is 32.2. The van der Waals surface area contributed by atoms with Gasteiger partial charge in [0.1, 0.15) is 11.5 Å². The monoisotopic (exact) mass is 497 g/mol. The van der Waals surface area contributed by atoms with E-state index in [0.29, 0.717) is 34.9 Å². The lowest BCUT2D eigenvalue weighted by Crippen LogP contribution is -2.24. The summed E-state index contributed by atoms with van der Waals surface area (Å²) in [6.07, 6.45) is 0.299. The average Bonchev–Trinajstić information content (AvgIpc) is 2.84. The number of benzene rings is 2. The van der Waals surface area contributed by atoms with E-state index in [1.165, 1.54) is 14.2 Å². The number of carbonyl (C=O) groups excluding carboxylic acids is 2. The van der Waals surface area contributed by atoms with Gasteiger partial charge in [-0.05, 0) is 26.0 Å². The van der Waals surface area contributed by atoms with Crippen molar-refractivity contribution in [3.05, 3.63) is 52.3 Å². The number of ether oxygens (including phenoxy) is 2. The number of H-pyrrole nitrogens is 1. The molecular formula is C24H27N5O5S. The maximum Gasteiger partial charge on any atom is 0.278 e. The molecule has 10 nitrogen and oxygen atoms in total. The van der Waals surface area contributed by atoms with Gasteiger partial charge < -0.3 is 20.1 Å². The SMILES string of the molecule is CCC(=O)Nc1ccc(C)cc1-c1nnc(SC(C)C(=O)Nc2cc(OC)cc(OC)c2)[nH]c1=O. The molecule has 3 rings (SSSR count). The van der Waals surface area contributed by atoms with Gasteiger partial charge in [-0.25, -0.2) is 0 Å². The number of aryl methyl sites for hydroxylation is 1. The van der Waals surface area contributed by atoms with Crippen LogP contribution in [0.2, 0.25) is 0 Å². The van der Waals surface area contributed by atoms with Crippen molar-refractivity contribution in [1.29, 1.82) is 0 Å². The lowest BCUT2D eigenvalue weighted by atomic mass is 10.1. The maximum absolute atomic E-state index is 12.8. The summed E-state index contributed by atoms with van der Waals surface area (Å²) in [5.41, 5.74) is 1.94. The van der Waals surface area contributed by atoms with Crippen LogP contribution >= 0.6 is 11.8 Å². The van der Waals surface area contributed by atoms with Crippen LogP contribution in [0.25, 0.3) is 11.3 Å². The second kappa shape index (κ2) is 11.5. The molecule has 184 valence electrons. The molecule has 2 aromatic carbocycles. The Bertz CT molecular complexity index is 1270. The van der Waals surface area contributed by atoms with Gasteiger partial charge in [0.2, 0.25) is 11.8 Å². The van der Waals surface area contributed by atoms with Crippen LogP contribution < -0.4 is 25.7 Å². The predicted octanol–water partition coefficient (Wildman–Crippen LogP) is 3.63. The van der Waals surface area contributed by atoms with Crippen LogP contribution in [-0.4, -0.2) is 46.5 Å². The fourth-order valence-corrected chi connectivity index (χ4v) is 3.84. The molecule has 3 N–H and O–H groups in total. The van der Waals surface area contributed by atoms with Gasteiger partial charge in [-0.1, -0.05) is 30.3 Å². The summed E-state index contributed by atoms with van der Waals surface area (Å²) in [5.74, 6) is 0.591. The number of hydrogen-bond acceptors (Lipinski definition) is 8. The van der Waals surface area contributed by atoms with Gasteiger partial charge in [0.15, 0.2) is 10.9 Å². The van der Waals surface area contributed by atoms with Crippen molar-refractivity contribution in [2.45, 2.75) is 37.6 Å². The number of aromatic amines is 1. The smallest absolute Gasteiger partial charge is 0.278 e. The van der Waals surface area contributed by atoms with E-state index in [0.717, 1.165) is 17.3 Å². The number of hydrogen-bond donors (Lipinski definition) is 3. The van der Waals surface area contributed by atoms with Crippen molar-refractivity contribution < 1.29 is 19.1 Å². The molecule has 1 atom stereocenters. The second-order valence-electron chi connectivity index (χ2n) is 7.61. The van der Waals surface area contributed by atoms with Crippen LogP contribution in [0.1, 0.15) is 25.8 Å². The molecule has 1 unspecified atom stereocenters. The van der Waals surface area contributed by atoms with E-state index in [1.807, 2.05) is 13.0 Å².